The minimum atomic E-state index is 0.437. The number of rotatable bonds is 1. The third-order valence-corrected chi connectivity index (χ3v) is 4.85. The first-order valence-corrected chi connectivity index (χ1v) is 7.13. The van der Waals surface area contributed by atoms with Crippen LogP contribution < -0.4 is 5.32 Å². The fourth-order valence-electron chi connectivity index (χ4n) is 3.27. The second-order valence-corrected chi connectivity index (χ2v) is 6.13. The second-order valence-electron chi connectivity index (χ2n) is 5.21. The van der Waals surface area contributed by atoms with E-state index in [-0.39, 0.29) is 0 Å². The molecule has 2 aliphatic heterocycles. The molecule has 0 aliphatic carbocycles. The summed E-state index contributed by atoms with van der Waals surface area (Å²) in [6.45, 7) is 4.11. The second kappa shape index (κ2) is 4.71. The summed E-state index contributed by atoms with van der Waals surface area (Å²) in [4.78, 5) is 0. The molecular weight excluding hydrogens is 278 g/mol. The van der Waals surface area contributed by atoms with E-state index >= 15 is 0 Å². The van der Waals surface area contributed by atoms with Crippen LogP contribution in [0.2, 0.25) is 0 Å². The van der Waals surface area contributed by atoms with E-state index in [1.54, 1.807) is 0 Å². The van der Waals surface area contributed by atoms with Crippen molar-refractivity contribution in [3.05, 3.63) is 34.3 Å². The van der Waals surface area contributed by atoms with Crippen molar-refractivity contribution in [3.8, 4) is 0 Å². The average Bonchev–Trinajstić information content (AvgIpc) is 2.75. The molecule has 0 bridgehead atoms. The van der Waals surface area contributed by atoms with E-state index in [0.717, 1.165) is 30.8 Å². The maximum atomic E-state index is 5.52. The summed E-state index contributed by atoms with van der Waals surface area (Å²) in [7, 11) is 0. The van der Waals surface area contributed by atoms with Crippen LogP contribution >= 0.6 is 15.9 Å². The Labute approximate surface area is 111 Å². The Bertz CT molecular complexity index is 384. The van der Waals surface area contributed by atoms with Crippen molar-refractivity contribution in [1.29, 1.82) is 0 Å². The summed E-state index contributed by atoms with van der Waals surface area (Å²) in [5, 5.41) is 3.58. The van der Waals surface area contributed by atoms with Crippen molar-refractivity contribution in [1.82, 2.24) is 5.32 Å². The van der Waals surface area contributed by atoms with Gasteiger partial charge < -0.3 is 10.1 Å². The maximum Gasteiger partial charge on any atom is 0.0472 e. The SMILES string of the molecule is Brc1ccc(C2CNCC23CCOCC3)cc1. The number of hydrogen-bond donors (Lipinski definition) is 1. The lowest BCUT2D eigenvalue weighted by molar-refractivity contribution is 0.0165. The summed E-state index contributed by atoms with van der Waals surface area (Å²) in [5.41, 5.74) is 1.91. The highest BCUT2D eigenvalue weighted by molar-refractivity contribution is 9.10. The topological polar surface area (TPSA) is 21.3 Å². The van der Waals surface area contributed by atoms with Gasteiger partial charge in [0.15, 0.2) is 0 Å². The molecular formula is C14H18BrNO. The van der Waals surface area contributed by atoms with Crippen LogP contribution in [0.1, 0.15) is 24.3 Å². The molecule has 1 unspecified atom stereocenters. The molecule has 92 valence electrons. The van der Waals surface area contributed by atoms with Gasteiger partial charge in [-0.3, -0.25) is 0 Å². The van der Waals surface area contributed by atoms with E-state index in [1.807, 2.05) is 0 Å². The Morgan fingerprint density at radius 3 is 2.59 bits per heavy atom. The minimum absolute atomic E-state index is 0.437. The zero-order valence-electron chi connectivity index (χ0n) is 9.92. The van der Waals surface area contributed by atoms with Crippen LogP contribution in [0.15, 0.2) is 28.7 Å². The lowest BCUT2D eigenvalue weighted by Gasteiger charge is -2.38. The van der Waals surface area contributed by atoms with Gasteiger partial charge in [-0.1, -0.05) is 28.1 Å². The van der Waals surface area contributed by atoms with E-state index in [0.29, 0.717) is 11.3 Å². The van der Waals surface area contributed by atoms with Crippen molar-refractivity contribution >= 4 is 15.9 Å². The predicted molar refractivity (Wildman–Crippen MR) is 72.2 cm³/mol. The highest BCUT2D eigenvalue weighted by Crippen LogP contribution is 2.46. The molecule has 2 saturated heterocycles. The predicted octanol–water partition coefficient (Wildman–Crippen LogP) is 2.93. The molecule has 0 radical (unpaired) electrons. The van der Waals surface area contributed by atoms with E-state index in [1.165, 1.54) is 18.4 Å². The fourth-order valence-corrected chi connectivity index (χ4v) is 3.54. The molecule has 2 heterocycles. The van der Waals surface area contributed by atoms with Crippen LogP contribution in [0.25, 0.3) is 0 Å². The van der Waals surface area contributed by atoms with Crippen molar-refractivity contribution in [2.75, 3.05) is 26.3 Å². The quantitative estimate of drug-likeness (QED) is 0.860. The zero-order chi connectivity index (χ0) is 11.7. The van der Waals surface area contributed by atoms with E-state index in [2.05, 4.69) is 45.5 Å². The van der Waals surface area contributed by atoms with E-state index in [4.69, 9.17) is 4.74 Å². The average molecular weight is 296 g/mol. The first kappa shape index (κ1) is 11.7. The van der Waals surface area contributed by atoms with Gasteiger partial charge in [0, 0.05) is 36.7 Å². The molecule has 2 fully saturated rings. The van der Waals surface area contributed by atoms with Gasteiger partial charge in [-0.2, -0.15) is 0 Å². The van der Waals surface area contributed by atoms with E-state index < -0.39 is 0 Å². The zero-order valence-corrected chi connectivity index (χ0v) is 11.5. The molecule has 3 rings (SSSR count). The third-order valence-electron chi connectivity index (χ3n) is 4.33. The van der Waals surface area contributed by atoms with Crippen molar-refractivity contribution in [2.45, 2.75) is 18.8 Å². The number of benzene rings is 1. The number of ether oxygens (including phenoxy) is 1. The van der Waals surface area contributed by atoms with Crippen LogP contribution in [-0.4, -0.2) is 26.3 Å². The third kappa shape index (κ3) is 2.16. The fraction of sp³-hybridized carbons (Fsp3) is 0.571. The molecule has 1 spiro atoms. The van der Waals surface area contributed by atoms with Crippen LogP contribution in [0, 0.1) is 5.41 Å². The Morgan fingerprint density at radius 1 is 1.18 bits per heavy atom. The molecule has 2 aliphatic rings. The van der Waals surface area contributed by atoms with Gasteiger partial charge in [-0.15, -0.1) is 0 Å². The van der Waals surface area contributed by atoms with Crippen LogP contribution in [-0.2, 0) is 4.74 Å². The Kier molecular flexibility index (Phi) is 3.24. The number of halogens is 1. The summed E-state index contributed by atoms with van der Waals surface area (Å²) in [6, 6.07) is 8.83. The molecule has 1 N–H and O–H groups in total. The molecule has 1 atom stereocenters. The van der Waals surface area contributed by atoms with Gasteiger partial charge in [0.25, 0.3) is 0 Å². The standard InChI is InChI=1S/C14H18BrNO/c15-12-3-1-11(2-4-12)13-9-16-10-14(13)5-7-17-8-6-14/h1-4,13,16H,5-10H2. The Morgan fingerprint density at radius 2 is 1.88 bits per heavy atom. The first-order valence-electron chi connectivity index (χ1n) is 6.34. The van der Waals surface area contributed by atoms with Crippen molar-refractivity contribution in [3.63, 3.8) is 0 Å². The molecule has 0 amide bonds. The van der Waals surface area contributed by atoms with Gasteiger partial charge in [0.1, 0.15) is 0 Å². The smallest absolute Gasteiger partial charge is 0.0472 e. The van der Waals surface area contributed by atoms with Gasteiger partial charge in [0.2, 0.25) is 0 Å². The van der Waals surface area contributed by atoms with Gasteiger partial charge in [-0.05, 0) is 36.0 Å². The molecule has 1 aromatic carbocycles. The lowest BCUT2D eigenvalue weighted by atomic mass is 9.69. The molecule has 0 saturated carbocycles. The summed E-state index contributed by atoms with van der Waals surface area (Å²) < 4.78 is 6.68. The van der Waals surface area contributed by atoms with Crippen LogP contribution in [0.3, 0.4) is 0 Å². The van der Waals surface area contributed by atoms with Gasteiger partial charge >= 0.3 is 0 Å². The molecule has 3 heteroatoms. The largest absolute Gasteiger partial charge is 0.381 e. The van der Waals surface area contributed by atoms with E-state index in [9.17, 15) is 0 Å². The molecule has 17 heavy (non-hydrogen) atoms. The molecule has 2 nitrogen and oxygen atoms in total. The highest BCUT2D eigenvalue weighted by Gasteiger charge is 2.44. The monoisotopic (exact) mass is 295 g/mol. The summed E-state index contributed by atoms with van der Waals surface area (Å²) in [6.07, 6.45) is 2.39. The van der Waals surface area contributed by atoms with Crippen LogP contribution in [0.4, 0.5) is 0 Å². The minimum Gasteiger partial charge on any atom is -0.381 e. The van der Waals surface area contributed by atoms with Crippen molar-refractivity contribution in [2.24, 2.45) is 5.41 Å². The highest BCUT2D eigenvalue weighted by atomic mass is 79.9. The Balaban J connectivity index is 1.88. The van der Waals surface area contributed by atoms with Gasteiger partial charge in [-0.25, -0.2) is 0 Å². The van der Waals surface area contributed by atoms with Gasteiger partial charge in [0.05, 0.1) is 0 Å². The number of nitrogens with one attached hydrogen (secondary N) is 1. The number of hydrogen-bond acceptors (Lipinski definition) is 2. The summed E-state index contributed by atoms with van der Waals surface area (Å²) >= 11 is 3.51. The Hall–Kier alpha value is -0.380. The normalized spacial score (nSPS) is 27.5. The maximum absolute atomic E-state index is 5.52. The first-order chi connectivity index (χ1) is 8.30. The molecule has 1 aromatic rings. The molecule has 0 aromatic heterocycles. The van der Waals surface area contributed by atoms with Crippen molar-refractivity contribution < 1.29 is 4.74 Å². The van der Waals surface area contributed by atoms with Crippen LogP contribution in [0.5, 0.6) is 0 Å². The lowest BCUT2D eigenvalue weighted by Crippen LogP contribution is -2.35. The summed E-state index contributed by atoms with van der Waals surface area (Å²) in [5.74, 6) is 0.652.